The molecule has 4 atom stereocenters. The van der Waals surface area contributed by atoms with E-state index in [4.69, 9.17) is 26.8 Å². The maximum atomic E-state index is 9.89. The molecule has 4 rings (SSSR count). The third kappa shape index (κ3) is 2.93. The summed E-state index contributed by atoms with van der Waals surface area (Å²) in [4.78, 5) is 8.61. The molecular formula is C20H25ClN4O3. The van der Waals surface area contributed by atoms with Gasteiger partial charge in [0.15, 0.2) is 5.79 Å². The van der Waals surface area contributed by atoms with Crippen LogP contribution in [0.5, 0.6) is 0 Å². The summed E-state index contributed by atoms with van der Waals surface area (Å²) in [7, 11) is 0. The van der Waals surface area contributed by atoms with Crippen molar-refractivity contribution in [2.75, 3.05) is 12.3 Å². The van der Waals surface area contributed by atoms with Crippen LogP contribution >= 0.6 is 11.6 Å². The number of aromatic nitrogens is 3. The van der Waals surface area contributed by atoms with Crippen molar-refractivity contribution < 1.29 is 14.6 Å². The van der Waals surface area contributed by atoms with E-state index >= 15 is 0 Å². The third-order valence-corrected chi connectivity index (χ3v) is 5.83. The number of anilines is 1. The third-order valence-electron chi connectivity index (χ3n) is 5.66. The largest absolute Gasteiger partial charge is 0.396 e. The number of ether oxygens (including phenoxy) is 2. The lowest BCUT2D eigenvalue weighted by molar-refractivity contribution is -0.161. The summed E-state index contributed by atoms with van der Waals surface area (Å²) in [6.45, 7) is 9.66. The number of allylic oxidation sites excluding steroid dienone is 3. The summed E-state index contributed by atoms with van der Waals surface area (Å²) in [5.74, 6) is -0.399. The summed E-state index contributed by atoms with van der Waals surface area (Å²) < 4.78 is 14.3. The fourth-order valence-corrected chi connectivity index (χ4v) is 4.68. The molecular weight excluding hydrogens is 380 g/mol. The zero-order valence-electron chi connectivity index (χ0n) is 16.2. The van der Waals surface area contributed by atoms with E-state index in [1.165, 1.54) is 0 Å². The number of halogens is 1. The lowest BCUT2D eigenvalue weighted by atomic mass is 10.1. The van der Waals surface area contributed by atoms with Gasteiger partial charge in [0.1, 0.15) is 17.6 Å². The standard InChI is InChI=1S/C20H25ClN4O3/c1-5-10(6-2)12-8-25(18-14(12)17(22)23-19(21)24-18)13-7-11(9-26)15-16(13)28-20(3,4)27-15/h5-6,8,11,13,15-16,26H,1,7,9H2,2-4H3,(H2,22,23,24)/b10-6+/t11-,13-,15-,16+/m1/s1. The Labute approximate surface area is 168 Å². The van der Waals surface area contributed by atoms with Crippen LogP contribution in [0, 0.1) is 5.92 Å². The normalized spacial score (nSPS) is 29.4. The molecule has 1 aliphatic carbocycles. The molecule has 0 bridgehead atoms. The van der Waals surface area contributed by atoms with Gasteiger partial charge in [0, 0.05) is 24.3 Å². The predicted octanol–water partition coefficient (Wildman–Crippen LogP) is 3.33. The molecule has 28 heavy (non-hydrogen) atoms. The average Bonchev–Trinajstić information content (AvgIpc) is 3.25. The van der Waals surface area contributed by atoms with E-state index in [2.05, 4.69) is 16.5 Å². The minimum Gasteiger partial charge on any atom is -0.396 e. The first-order valence-corrected chi connectivity index (χ1v) is 9.76. The van der Waals surface area contributed by atoms with Gasteiger partial charge in [-0.2, -0.15) is 4.98 Å². The number of nitrogens with two attached hydrogens (primary N) is 1. The SMILES string of the molecule is C=C/C(=C\C)c1cn([C@@H]2C[C@H](CO)[C@H]3OC(C)(C)O[C@H]32)c2nc(Cl)nc(N)c12. The van der Waals surface area contributed by atoms with Gasteiger partial charge in [-0.1, -0.05) is 18.7 Å². The Morgan fingerprint density at radius 2 is 2.14 bits per heavy atom. The summed E-state index contributed by atoms with van der Waals surface area (Å²) in [5, 5.41) is 10.7. The van der Waals surface area contributed by atoms with E-state index in [0.29, 0.717) is 17.9 Å². The Bertz CT molecular complexity index is 968. The molecule has 2 aromatic heterocycles. The lowest BCUT2D eigenvalue weighted by Gasteiger charge is -2.24. The van der Waals surface area contributed by atoms with Gasteiger partial charge < -0.3 is 24.9 Å². The highest BCUT2D eigenvalue weighted by Gasteiger charge is 2.54. The van der Waals surface area contributed by atoms with Crippen molar-refractivity contribution in [2.24, 2.45) is 5.92 Å². The zero-order chi connectivity index (χ0) is 20.2. The first kappa shape index (κ1) is 19.4. The molecule has 0 aromatic carbocycles. The van der Waals surface area contributed by atoms with Crippen LogP contribution in [0.15, 0.2) is 24.9 Å². The van der Waals surface area contributed by atoms with Crippen molar-refractivity contribution >= 4 is 34.0 Å². The van der Waals surface area contributed by atoms with Crippen LogP contribution in [0.1, 0.15) is 38.8 Å². The van der Waals surface area contributed by atoms with E-state index in [1.54, 1.807) is 6.08 Å². The van der Waals surface area contributed by atoms with E-state index in [1.807, 2.05) is 37.6 Å². The van der Waals surface area contributed by atoms with Crippen molar-refractivity contribution in [1.29, 1.82) is 0 Å². The Balaban J connectivity index is 1.91. The monoisotopic (exact) mass is 404 g/mol. The van der Waals surface area contributed by atoms with E-state index in [-0.39, 0.29) is 36.1 Å². The average molecular weight is 405 g/mol. The quantitative estimate of drug-likeness (QED) is 0.599. The van der Waals surface area contributed by atoms with Crippen LogP contribution in [0.4, 0.5) is 5.82 Å². The van der Waals surface area contributed by atoms with Gasteiger partial charge in [0.2, 0.25) is 5.28 Å². The van der Waals surface area contributed by atoms with Crippen LogP contribution in [-0.4, -0.2) is 44.2 Å². The summed E-state index contributed by atoms with van der Waals surface area (Å²) in [6, 6.07) is -0.0755. The Morgan fingerprint density at radius 3 is 2.79 bits per heavy atom. The lowest BCUT2D eigenvalue weighted by Crippen LogP contribution is -2.27. The molecule has 0 unspecified atom stereocenters. The molecule has 7 nitrogen and oxygen atoms in total. The predicted molar refractivity (Wildman–Crippen MR) is 109 cm³/mol. The van der Waals surface area contributed by atoms with Crippen LogP contribution in [0.2, 0.25) is 5.28 Å². The van der Waals surface area contributed by atoms with Crippen LogP contribution < -0.4 is 5.73 Å². The second-order valence-corrected chi connectivity index (χ2v) is 8.12. The summed E-state index contributed by atoms with van der Waals surface area (Å²) in [5.41, 5.74) is 8.68. The van der Waals surface area contributed by atoms with Crippen molar-refractivity contribution in [1.82, 2.24) is 14.5 Å². The highest BCUT2D eigenvalue weighted by atomic mass is 35.5. The maximum Gasteiger partial charge on any atom is 0.226 e. The second kappa shape index (κ2) is 6.84. The van der Waals surface area contributed by atoms with E-state index in [9.17, 15) is 5.11 Å². The molecule has 1 saturated carbocycles. The molecule has 2 aliphatic rings. The first-order valence-electron chi connectivity index (χ1n) is 9.38. The van der Waals surface area contributed by atoms with Crippen molar-refractivity contribution in [3.8, 4) is 0 Å². The Morgan fingerprint density at radius 1 is 1.43 bits per heavy atom. The second-order valence-electron chi connectivity index (χ2n) is 7.79. The van der Waals surface area contributed by atoms with Gasteiger partial charge in [-0.25, -0.2) is 4.98 Å². The molecule has 8 heteroatoms. The number of rotatable bonds is 4. The Kier molecular flexibility index (Phi) is 4.74. The fraction of sp³-hybridized carbons (Fsp3) is 0.500. The molecule has 2 fully saturated rings. The molecule has 1 saturated heterocycles. The van der Waals surface area contributed by atoms with Crippen LogP contribution in [-0.2, 0) is 9.47 Å². The highest BCUT2D eigenvalue weighted by molar-refractivity contribution is 6.28. The summed E-state index contributed by atoms with van der Waals surface area (Å²) in [6.07, 6.45) is 6.06. The smallest absolute Gasteiger partial charge is 0.226 e. The van der Waals surface area contributed by atoms with Gasteiger partial charge in [0.05, 0.1) is 17.5 Å². The number of nitrogen functional groups attached to an aromatic ring is 1. The Hall–Kier alpha value is -1.93. The minimum absolute atomic E-state index is 0.0204. The number of nitrogens with zero attached hydrogens (tertiary/aromatic N) is 3. The molecule has 1 aliphatic heterocycles. The zero-order valence-corrected chi connectivity index (χ0v) is 17.0. The fourth-order valence-electron chi connectivity index (χ4n) is 4.51. The summed E-state index contributed by atoms with van der Waals surface area (Å²) >= 11 is 6.13. The topological polar surface area (TPSA) is 95.4 Å². The van der Waals surface area contributed by atoms with Gasteiger partial charge in [-0.15, -0.1) is 0 Å². The number of fused-ring (bicyclic) bond motifs is 2. The first-order chi connectivity index (χ1) is 13.3. The molecule has 2 aromatic rings. The molecule has 0 spiro atoms. The molecule has 0 radical (unpaired) electrons. The van der Waals surface area contributed by atoms with Crippen molar-refractivity contribution in [3.63, 3.8) is 0 Å². The maximum absolute atomic E-state index is 9.89. The number of hydrogen-bond donors (Lipinski definition) is 2. The van der Waals surface area contributed by atoms with Crippen LogP contribution in [0.25, 0.3) is 16.6 Å². The van der Waals surface area contributed by atoms with Gasteiger partial charge >= 0.3 is 0 Å². The molecule has 150 valence electrons. The van der Waals surface area contributed by atoms with Gasteiger partial charge in [-0.3, -0.25) is 0 Å². The minimum atomic E-state index is -0.700. The van der Waals surface area contributed by atoms with Crippen molar-refractivity contribution in [2.45, 2.75) is 51.2 Å². The highest BCUT2D eigenvalue weighted by Crippen LogP contribution is 2.48. The molecule has 0 amide bonds. The number of aliphatic hydroxyl groups is 1. The van der Waals surface area contributed by atoms with E-state index < -0.39 is 5.79 Å². The van der Waals surface area contributed by atoms with E-state index in [0.717, 1.165) is 16.5 Å². The number of aliphatic hydroxyl groups excluding tert-OH is 1. The molecule has 3 heterocycles. The number of hydrogen-bond acceptors (Lipinski definition) is 6. The van der Waals surface area contributed by atoms with Crippen molar-refractivity contribution in [3.05, 3.63) is 35.8 Å². The molecule has 3 N–H and O–H groups in total. The van der Waals surface area contributed by atoms with Crippen LogP contribution in [0.3, 0.4) is 0 Å². The van der Waals surface area contributed by atoms with Gasteiger partial charge in [-0.05, 0) is 44.4 Å². The van der Waals surface area contributed by atoms with Gasteiger partial charge in [0.25, 0.3) is 0 Å².